The number of benzene rings is 2. The van der Waals surface area contributed by atoms with Gasteiger partial charge in [-0.3, -0.25) is 4.90 Å². The first-order valence-electron chi connectivity index (χ1n) is 10.9. The van der Waals surface area contributed by atoms with Gasteiger partial charge in [0, 0.05) is 34.9 Å². The van der Waals surface area contributed by atoms with Gasteiger partial charge in [0.15, 0.2) is 0 Å². The molecule has 1 amide bonds. The Morgan fingerprint density at radius 1 is 1.15 bits per heavy atom. The van der Waals surface area contributed by atoms with Crippen LogP contribution in [0, 0.1) is 11.6 Å². The van der Waals surface area contributed by atoms with Gasteiger partial charge in [0.2, 0.25) is 0 Å². The third kappa shape index (κ3) is 5.25. The van der Waals surface area contributed by atoms with Crippen molar-refractivity contribution in [2.45, 2.75) is 31.8 Å². The molecular weight excluding hydrogens is 462 g/mol. The lowest BCUT2D eigenvalue weighted by atomic mass is 9.92. The summed E-state index contributed by atoms with van der Waals surface area (Å²) in [4.78, 5) is 14.7. The second kappa shape index (κ2) is 10.3. The largest absolute Gasteiger partial charge is 0.497 e. The van der Waals surface area contributed by atoms with Crippen LogP contribution in [-0.2, 0) is 0 Å². The minimum atomic E-state index is -0.748. The summed E-state index contributed by atoms with van der Waals surface area (Å²) in [5.41, 5.74) is 2.05. The van der Waals surface area contributed by atoms with Crippen molar-refractivity contribution in [3.63, 3.8) is 0 Å². The van der Waals surface area contributed by atoms with E-state index in [2.05, 4.69) is 5.32 Å². The lowest BCUT2D eigenvalue weighted by molar-refractivity contribution is 0.131. The number of rotatable bonds is 5. The summed E-state index contributed by atoms with van der Waals surface area (Å²) in [5, 5.41) is 4.14. The first-order valence-corrected chi connectivity index (χ1v) is 11.3. The molecule has 2 aromatic carbocycles. The van der Waals surface area contributed by atoms with Gasteiger partial charge in [0.05, 0.1) is 7.11 Å². The van der Waals surface area contributed by atoms with Gasteiger partial charge < -0.3 is 14.8 Å². The second-order valence-electron chi connectivity index (χ2n) is 8.18. The highest BCUT2D eigenvalue weighted by molar-refractivity contribution is 6.31. The molecule has 2 atom stereocenters. The maximum absolute atomic E-state index is 15.3. The Hall–Kier alpha value is -3.32. The Bertz CT molecular complexity index is 1160. The van der Waals surface area contributed by atoms with E-state index in [1.165, 1.54) is 42.3 Å². The van der Waals surface area contributed by atoms with Gasteiger partial charge in [0.25, 0.3) is 0 Å². The highest BCUT2D eigenvalue weighted by Gasteiger charge is 2.36. The first-order chi connectivity index (χ1) is 16.4. The number of allylic oxidation sites excluding steroid dienone is 2. The van der Waals surface area contributed by atoms with Crippen molar-refractivity contribution >= 4 is 17.7 Å². The number of amides is 1. The predicted molar refractivity (Wildman–Crippen MR) is 127 cm³/mol. The van der Waals surface area contributed by atoms with E-state index in [-0.39, 0.29) is 11.8 Å². The molecule has 0 bridgehead atoms. The fourth-order valence-electron chi connectivity index (χ4n) is 4.08. The maximum Gasteiger partial charge on any atom is 0.416 e. The van der Waals surface area contributed by atoms with Crippen LogP contribution in [0.3, 0.4) is 0 Å². The average Bonchev–Trinajstić information content (AvgIpc) is 2.83. The van der Waals surface area contributed by atoms with E-state index in [9.17, 15) is 9.18 Å². The average molecular weight is 487 g/mol. The molecule has 2 aliphatic rings. The van der Waals surface area contributed by atoms with E-state index >= 15 is 4.39 Å². The van der Waals surface area contributed by atoms with E-state index < -0.39 is 23.8 Å². The lowest BCUT2D eigenvalue weighted by Gasteiger charge is -2.39. The quantitative estimate of drug-likeness (QED) is 0.544. The molecule has 1 heterocycles. The highest BCUT2D eigenvalue weighted by Crippen LogP contribution is 2.38. The van der Waals surface area contributed by atoms with Crippen LogP contribution in [0.2, 0.25) is 0 Å². The number of hydrogen-bond acceptors (Lipinski definition) is 4. The van der Waals surface area contributed by atoms with Crippen molar-refractivity contribution in [2.75, 3.05) is 13.7 Å². The Balaban J connectivity index is 1.69. The summed E-state index contributed by atoms with van der Waals surface area (Å²) in [6, 6.07) is 8.94. The van der Waals surface area contributed by atoms with Gasteiger partial charge in [-0.05, 0) is 62.2 Å². The monoisotopic (exact) mass is 486 g/mol. The molecular formula is C26H25ClF2N2O3. The molecule has 4 rings (SSSR count). The Kier molecular flexibility index (Phi) is 7.22. The zero-order chi connectivity index (χ0) is 24.2. The third-order valence-electron chi connectivity index (χ3n) is 5.92. The van der Waals surface area contributed by atoms with Crippen LogP contribution in [-0.4, -0.2) is 30.7 Å². The molecule has 8 heteroatoms. The van der Waals surface area contributed by atoms with Crippen molar-refractivity contribution < 1.29 is 23.0 Å². The first kappa shape index (κ1) is 23.8. The number of hydrogen-bond donors (Lipinski definition) is 1. The number of carbonyl (C=O) groups excluding carboxylic acids is 1. The number of nitrogens with one attached hydrogen (secondary N) is 1. The molecule has 178 valence electrons. The molecule has 2 unspecified atom stereocenters. The van der Waals surface area contributed by atoms with Crippen LogP contribution < -0.4 is 14.8 Å². The van der Waals surface area contributed by atoms with Crippen molar-refractivity contribution in [3.8, 4) is 11.5 Å². The van der Waals surface area contributed by atoms with Gasteiger partial charge in [-0.1, -0.05) is 29.3 Å². The fourth-order valence-corrected chi connectivity index (χ4v) is 4.24. The molecule has 0 saturated heterocycles. The summed E-state index contributed by atoms with van der Waals surface area (Å²) in [7, 11) is 1.46. The van der Waals surface area contributed by atoms with E-state index in [0.29, 0.717) is 35.7 Å². The maximum atomic E-state index is 15.3. The molecule has 1 N–H and O–H groups in total. The molecule has 34 heavy (non-hydrogen) atoms. The second-order valence-corrected chi connectivity index (χ2v) is 8.62. The molecule has 5 nitrogen and oxygen atoms in total. The van der Waals surface area contributed by atoms with E-state index in [0.717, 1.165) is 11.3 Å². The Labute approximate surface area is 202 Å². The van der Waals surface area contributed by atoms with Crippen LogP contribution in [0.5, 0.6) is 11.5 Å². The summed E-state index contributed by atoms with van der Waals surface area (Å²) in [5.74, 6) is -0.352. The van der Waals surface area contributed by atoms with E-state index in [4.69, 9.17) is 21.1 Å². The van der Waals surface area contributed by atoms with E-state index in [1.807, 2.05) is 25.2 Å². The van der Waals surface area contributed by atoms with Gasteiger partial charge >= 0.3 is 6.09 Å². The fraction of sp³-hybridized carbons (Fsp3) is 0.269. The molecule has 2 aromatic rings. The number of methoxy groups -OCH3 is 1. The number of carbonyl (C=O) groups is 1. The molecule has 0 radical (unpaired) electrons. The highest BCUT2D eigenvalue weighted by atomic mass is 35.5. The van der Waals surface area contributed by atoms with Crippen LogP contribution >= 0.6 is 11.6 Å². The van der Waals surface area contributed by atoms with Crippen LogP contribution in [0.25, 0.3) is 0 Å². The van der Waals surface area contributed by atoms with Gasteiger partial charge in [-0.25, -0.2) is 13.6 Å². The van der Waals surface area contributed by atoms with Crippen molar-refractivity contribution in [1.29, 1.82) is 0 Å². The van der Waals surface area contributed by atoms with Crippen LogP contribution in [0.1, 0.15) is 31.4 Å². The van der Waals surface area contributed by atoms with Crippen LogP contribution in [0.15, 0.2) is 77.0 Å². The number of halogens is 3. The zero-order valence-electron chi connectivity index (χ0n) is 18.9. The molecule has 0 fully saturated rings. The predicted octanol–water partition coefficient (Wildman–Crippen LogP) is 6.23. The Morgan fingerprint density at radius 2 is 1.88 bits per heavy atom. The molecule has 0 aromatic heterocycles. The summed E-state index contributed by atoms with van der Waals surface area (Å²) < 4.78 is 39.2. The lowest BCUT2D eigenvalue weighted by Crippen LogP contribution is -2.46. The van der Waals surface area contributed by atoms with Gasteiger partial charge in [-0.2, -0.15) is 0 Å². The minimum Gasteiger partial charge on any atom is -0.497 e. The smallest absolute Gasteiger partial charge is 0.416 e. The molecule has 0 saturated carbocycles. The SMILES string of the molecule is COc1ccc(C2C(NC3C=CC(Cl)=CC3)=C(C)CCN2C(=O)Oc2ccc(F)cc2)c(F)c1. The molecule has 0 spiro atoms. The van der Waals surface area contributed by atoms with Crippen molar-refractivity contribution in [1.82, 2.24) is 10.2 Å². The van der Waals surface area contributed by atoms with Crippen molar-refractivity contribution in [2.24, 2.45) is 0 Å². The Morgan fingerprint density at radius 3 is 2.53 bits per heavy atom. The van der Waals surface area contributed by atoms with E-state index in [1.54, 1.807) is 12.1 Å². The van der Waals surface area contributed by atoms with Gasteiger partial charge in [0.1, 0.15) is 29.2 Å². The zero-order valence-corrected chi connectivity index (χ0v) is 19.6. The van der Waals surface area contributed by atoms with Gasteiger partial charge in [-0.15, -0.1) is 0 Å². The summed E-state index contributed by atoms with van der Waals surface area (Å²) in [6.07, 6.45) is 6.25. The standard InChI is InChI=1S/C26H25ClF2N2O3/c1-16-13-14-31(26(32)34-20-9-5-18(28)6-10-20)25(22-12-11-21(33-2)15-23(22)29)24(16)30-19-7-3-17(27)4-8-19/h3-7,9-12,15,19,25,30H,8,13-14H2,1-2H3. The normalized spacial score (nSPS) is 20.1. The number of ether oxygens (including phenoxy) is 2. The third-order valence-corrected chi connectivity index (χ3v) is 6.20. The minimum absolute atomic E-state index is 0.0654. The van der Waals surface area contributed by atoms with Crippen LogP contribution in [0.4, 0.5) is 13.6 Å². The van der Waals surface area contributed by atoms with Crippen molar-refractivity contribution in [3.05, 3.63) is 94.2 Å². The number of nitrogens with zero attached hydrogens (tertiary/aromatic N) is 1. The molecule has 1 aliphatic heterocycles. The topological polar surface area (TPSA) is 50.8 Å². The summed E-state index contributed by atoms with van der Waals surface area (Å²) in [6.45, 7) is 2.30. The summed E-state index contributed by atoms with van der Waals surface area (Å²) >= 11 is 6.06. The molecule has 1 aliphatic carbocycles.